The van der Waals surface area contributed by atoms with Crippen LogP contribution in [0.5, 0.6) is 0 Å². The van der Waals surface area contributed by atoms with Crippen molar-refractivity contribution >= 4 is 11.6 Å². The van der Waals surface area contributed by atoms with Gasteiger partial charge in [-0.05, 0) is 17.7 Å². The number of pyridine rings is 1. The molecule has 126 valence electrons. The fraction of sp³-hybridized carbons (Fsp3) is 0.211. The van der Waals surface area contributed by atoms with Gasteiger partial charge in [-0.1, -0.05) is 18.2 Å². The van der Waals surface area contributed by atoms with Gasteiger partial charge in [-0.3, -0.25) is 10.1 Å². The first-order valence-electron chi connectivity index (χ1n) is 7.90. The van der Waals surface area contributed by atoms with Gasteiger partial charge in [-0.2, -0.15) is 9.83 Å². The normalized spacial score (nSPS) is 20.0. The predicted octanol–water partition coefficient (Wildman–Crippen LogP) is 1.79. The summed E-state index contributed by atoms with van der Waals surface area (Å²) in [6.45, 7) is 0. The molecule has 0 fully saturated rings. The van der Waals surface area contributed by atoms with Gasteiger partial charge in [0, 0.05) is 31.9 Å². The molecule has 0 saturated heterocycles. The number of benzene rings is 1. The van der Waals surface area contributed by atoms with E-state index in [-0.39, 0.29) is 17.4 Å². The first-order chi connectivity index (χ1) is 12.0. The van der Waals surface area contributed by atoms with Gasteiger partial charge in [0.05, 0.1) is 5.92 Å². The van der Waals surface area contributed by atoms with Crippen molar-refractivity contribution in [2.24, 2.45) is 0 Å². The molecule has 1 aliphatic heterocycles. The standard InChI is InChI=1S/C19H18N4O2/c1-22(2)14-8-6-13(7-9-14)16-15(12-20)18(24)21-19(25)17(16)23-10-4-3-5-11-23/h3-11,16-17H,1-2H3,(H-,21,24,25)/p+1. The van der Waals surface area contributed by atoms with Gasteiger partial charge in [-0.15, -0.1) is 0 Å². The van der Waals surface area contributed by atoms with Crippen molar-refractivity contribution in [3.63, 3.8) is 0 Å². The number of carbonyl (C=O) groups excluding carboxylic acids is 1. The minimum Gasteiger partial charge on any atom is -0.494 e. The average Bonchev–Trinajstić information content (AvgIpc) is 2.62. The van der Waals surface area contributed by atoms with Crippen LogP contribution in [0.3, 0.4) is 0 Å². The van der Waals surface area contributed by atoms with Crippen molar-refractivity contribution in [2.75, 3.05) is 19.0 Å². The number of anilines is 1. The van der Waals surface area contributed by atoms with Crippen molar-refractivity contribution in [2.45, 2.75) is 12.0 Å². The molecule has 0 spiro atoms. The van der Waals surface area contributed by atoms with E-state index >= 15 is 0 Å². The molecule has 2 atom stereocenters. The molecule has 3 rings (SSSR count). The van der Waals surface area contributed by atoms with Crippen LogP contribution >= 0.6 is 0 Å². The van der Waals surface area contributed by atoms with Crippen LogP contribution in [0.1, 0.15) is 17.5 Å². The second kappa shape index (κ2) is 6.65. The third-order valence-electron chi connectivity index (χ3n) is 4.34. The van der Waals surface area contributed by atoms with Crippen molar-refractivity contribution in [3.8, 4) is 6.07 Å². The molecule has 2 heterocycles. The largest absolute Gasteiger partial charge is 0.494 e. The van der Waals surface area contributed by atoms with E-state index in [0.29, 0.717) is 0 Å². The molecule has 0 saturated carbocycles. The number of nitrogens with zero attached hydrogens (tertiary/aromatic N) is 3. The maximum atomic E-state index is 12.6. The summed E-state index contributed by atoms with van der Waals surface area (Å²) >= 11 is 0. The highest BCUT2D eigenvalue weighted by atomic mass is 16.3. The number of allylic oxidation sites excluding steroid dienone is 1. The van der Waals surface area contributed by atoms with Crippen LogP contribution in [0.4, 0.5) is 5.69 Å². The number of hydrogen-bond donors (Lipinski definition) is 2. The molecule has 0 bridgehead atoms. The highest BCUT2D eigenvalue weighted by Gasteiger charge is 2.45. The van der Waals surface area contributed by atoms with Crippen molar-refractivity contribution in [1.29, 1.82) is 5.26 Å². The monoisotopic (exact) mass is 335 g/mol. The molecule has 25 heavy (non-hydrogen) atoms. The average molecular weight is 335 g/mol. The minimum absolute atomic E-state index is 0.151. The number of carbonyl (C=O) groups is 1. The number of aliphatic hydroxyl groups excluding tert-OH is 1. The minimum atomic E-state index is -0.656. The van der Waals surface area contributed by atoms with E-state index in [9.17, 15) is 15.2 Å². The predicted molar refractivity (Wildman–Crippen MR) is 92.6 cm³/mol. The third kappa shape index (κ3) is 3.04. The summed E-state index contributed by atoms with van der Waals surface area (Å²) in [6, 6.07) is 14.5. The number of rotatable bonds is 3. The van der Waals surface area contributed by atoms with E-state index in [1.165, 1.54) is 0 Å². The second-order valence-electron chi connectivity index (χ2n) is 6.09. The Morgan fingerprint density at radius 3 is 2.36 bits per heavy atom. The number of aliphatic hydroxyl groups is 1. The van der Waals surface area contributed by atoms with E-state index < -0.39 is 12.0 Å². The van der Waals surface area contributed by atoms with E-state index in [0.717, 1.165) is 11.3 Å². The van der Waals surface area contributed by atoms with Gasteiger partial charge in [0.25, 0.3) is 5.91 Å². The molecule has 1 amide bonds. The second-order valence-corrected chi connectivity index (χ2v) is 6.09. The van der Waals surface area contributed by atoms with Crippen LogP contribution in [0.25, 0.3) is 0 Å². The zero-order valence-electron chi connectivity index (χ0n) is 14.0. The number of aromatic nitrogens is 1. The summed E-state index contributed by atoms with van der Waals surface area (Å²) < 4.78 is 1.75. The molecule has 1 aromatic carbocycles. The molecule has 2 N–H and O–H groups in total. The van der Waals surface area contributed by atoms with Gasteiger partial charge in [0.2, 0.25) is 11.9 Å². The smallest absolute Gasteiger partial charge is 0.296 e. The Labute approximate surface area is 146 Å². The summed E-state index contributed by atoms with van der Waals surface area (Å²) in [6.07, 6.45) is 3.56. The Balaban J connectivity index is 2.13. The fourth-order valence-electron chi connectivity index (χ4n) is 3.07. The molecular formula is C19H19N4O2+. The zero-order chi connectivity index (χ0) is 18.0. The maximum absolute atomic E-state index is 12.6. The van der Waals surface area contributed by atoms with Crippen LogP contribution in [-0.4, -0.2) is 25.1 Å². The first-order valence-corrected chi connectivity index (χ1v) is 7.90. The van der Waals surface area contributed by atoms with Crippen LogP contribution in [-0.2, 0) is 4.79 Å². The lowest BCUT2D eigenvalue weighted by molar-refractivity contribution is -0.711. The third-order valence-corrected chi connectivity index (χ3v) is 4.34. The number of hydrogen-bond acceptors (Lipinski definition) is 4. The molecule has 0 radical (unpaired) electrons. The summed E-state index contributed by atoms with van der Waals surface area (Å²) in [5, 5.41) is 22.0. The Morgan fingerprint density at radius 2 is 1.80 bits per heavy atom. The lowest BCUT2D eigenvalue weighted by atomic mass is 9.82. The molecule has 6 nitrogen and oxygen atoms in total. The molecule has 0 aliphatic carbocycles. The molecule has 1 aliphatic rings. The molecule has 2 unspecified atom stereocenters. The number of nitrogens with one attached hydrogen (secondary N) is 1. The summed E-state index contributed by atoms with van der Waals surface area (Å²) in [4.78, 5) is 14.6. The molecule has 6 heteroatoms. The van der Waals surface area contributed by atoms with E-state index in [2.05, 4.69) is 11.4 Å². The van der Waals surface area contributed by atoms with Crippen LogP contribution in [0.15, 0.2) is 66.3 Å². The SMILES string of the molecule is CN(C)c1ccc(C2C(C#N)=C(O)NC(=O)C2[n+]2ccccc2)cc1. The van der Waals surface area contributed by atoms with E-state index in [1.54, 1.807) is 17.0 Å². The number of nitriles is 1. The van der Waals surface area contributed by atoms with E-state index in [1.807, 2.05) is 61.5 Å². The van der Waals surface area contributed by atoms with Crippen molar-refractivity contribution in [1.82, 2.24) is 5.32 Å². The molecule has 2 aromatic rings. The van der Waals surface area contributed by atoms with Crippen LogP contribution in [0, 0.1) is 11.3 Å². The summed E-state index contributed by atoms with van der Waals surface area (Å²) in [5.41, 5.74) is 1.96. The first kappa shape index (κ1) is 16.5. The van der Waals surface area contributed by atoms with Gasteiger partial charge < -0.3 is 10.0 Å². The Morgan fingerprint density at radius 1 is 1.16 bits per heavy atom. The Bertz CT molecular complexity index is 851. The highest BCUT2D eigenvalue weighted by Crippen LogP contribution is 2.36. The van der Waals surface area contributed by atoms with Crippen molar-refractivity contribution in [3.05, 3.63) is 71.9 Å². The highest BCUT2D eigenvalue weighted by molar-refractivity contribution is 5.84. The topological polar surface area (TPSA) is 80.2 Å². The summed E-state index contributed by atoms with van der Waals surface area (Å²) in [7, 11) is 3.89. The fourth-order valence-corrected chi connectivity index (χ4v) is 3.07. The molecule has 1 aromatic heterocycles. The van der Waals surface area contributed by atoms with Crippen molar-refractivity contribution < 1.29 is 14.5 Å². The Hall–Kier alpha value is -3.33. The quantitative estimate of drug-likeness (QED) is 0.838. The summed E-state index contributed by atoms with van der Waals surface area (Å²) in [5.74, 6) is -1.29. The maximum Gasteiger partial charge on any atom is 0.296 e. The van der Waals surface area contributed by atoms with E-state index in [4.69, 9.17) is 0 Å². The van der Waals surface area contributed by atoms with Crippen LogP contribution < -0.4 is 14.8 Å². The molecular weight excluding hydrogens is 316 g/mol. The Kier molecular flexibility index (Phi) is 4.40. The van der Waals surface area contributed by atoms with Gasteiger partial charge in [-0.25, -0.2) is 0 Å². The number of amides is 1. The van der Waals surface area contributed by atoms with Gasteiger partial charge in [0.1, 0.15) is 11.6 Å². The van der Waals surface area contributed by atoms with Gasteiger partial charge in [0.15, 0.2) is 12.4 Å². The van der Waals surface area contributed by atoms with Crippen LogP contribution in [0.2, 0.25) is 0 Å². The van der Waals surface area contributed by atoms with Gasteiger partial charge >= 0.3 is 0 Å². The zero-order valence-corrected chi connectivity index (χ0v) is 14.0. The lowest BCUT2D eigenvalue weighted by Gasteiger charge is -2.27. The lowest BCUT2D eigenvalue weighted by Crippen LogP contribution is -2.53.